The van der Waals surface area contributed by atoms with Crippen molar-refractivity contribution in [3.8, 4) is 5.75 Å². The van der Waals surface area contributed by atoms with Crippen LogP contribution in [0.1, 0.15) is 34.8 Å². The molecule has 132 valence electrons. The van der Waals surface area contributed by atoms with Gasteiger partial charge in [0.05, 0.1) is 12.7 Å². The minimum Gasteiger partial charge on any atom is -0.496 e. The van der Waals surface area contributed by atoms with Gasteiger partial charge in [-0.05, 0) is 37.5 Å². The third-order valence-electron chi connectivity index (χ3n) is 4.23. The molecule has 1 aromatic carbocycles. The second-order valence-corrected chi connectivity index (χ2v) is 6.17. The molecule has 1 fully saturated rings. The molecule has 1 heterocycles. The summed E-state index contributed by atoms with van der Waals surface area (Å²) in [7, 11) is 1.59. The fourth-order valence-corrected chi connectivity index (χ4v) is 3.01. The topological polar surface area (TPSA) is 61.9 Å². The molecule has 6 heteroatoms. The number of carbonyl (C=O) groups excluding carboxylic acids is 2. The molecule has 0 unspecified atom stereocenters. The van der Waals surface area contributed by atoms with Crippen molar-refractivity contribution >= 4 is 11.9 Å². The number of hydrogen-bond acceptors (Lipinski definition) is 3. The molecule has 1 N–H and O–H groups in total. The van der Waals surface area contributed by atoms with Crippen LogP contribution in [0.5, 0.6) is 5.75 Å². The van der Waals surface area contributed by atoms with E-state index in [1.165, 1.54) is 0 Å². The molecule has 6 nitrogen and oxygen atoms in total. The minimum atomic E-state index is -0.0482. The second-order valence-electron chi connectivity index (χ2n) is 6.17. The maximum absolute atomic E-state index is 12.9. The van der Waals surface area contributed by atoms with Gasteiger partial charge in [0.1, 0.15) is 5.75 Å². The van der Waals surface area contributed by atoms with Crippen molar-refractivity contribution in [3.05, 3.63) is 28.8 Å². The van der Waals surface area contributed by atoms with E-state index in [0.29, 0.717) is 44.0 Å². The van der Waals surface area contributed by atoms with Crippen molar-refractivity contribution in [3.63, 3.8) is 0 Å². The van der Waals surface area contributed by atoms with Crippen LogP contribution < -0.4 is 10.1 Å². The Kier molecular flexibility index (Phi) is 6.06. The third kappa shape index (κ3) is 3.99. The van der Waals surface area contributed by atoms with Gasteiger partial charge in [0.2, 0.25) is 0 Å². The van der Waals surface area contributed by atoms with E-state index in [2.05, 4.69) is 5.32 Å². The average Bonchev–Trinajstić information content (AvgIpc) is 2.58. The van der Waals surface area contributed by atoms with E-state index in [1.807, 2.05) is 32.9 Å². The van der Waals surface area contributed by atoms with Crippen LogP contribution in [0.15, 0.2) is 12.1 Å². The standard InChI is InChI=1S/C18H27N3O3/c1-5-6-19-18(23)21-9-7-20(8-10-21)17(22)15-12-13(2)11-14(3)16(15)24-4/h11-12H,5-10H2,1-4H3,(H,19,23). The van der Waals surface area contributed by atoms with Crippen LogP contribution in [-0.2, 0) is 0 Å². The highest BCUT2D eigenvalue weighted by molar-refractivity contribution is 5.97. The summed E-state index contributed by atoms with van der Waals surface area (Å²) < 4.78 is 5.42. The molecule has 1 aromatic rings. The van der Waals surface area contributed by atoms with Crippen molar-refractivity contribution in [2.45, 2.75) is 27.2 Å². The molecule has 0 bridgehead atoms. The number of methoxy groups -OCH3 is 1. The molecule has 24 heavy (non-hydrogen) atoms. The smallest absolute Gasteiger partial charge is 0.317 e. The molecule has 0 aromatic heterocycles. The van der Waals surface area contributed by atoms with Crippen LogP contribution >= 0.6 is 0 Å². The zero-order chi connectivity index (χ0) is 17.7. The van der Waals surface area contributed by atoms with Crippen molar-refractivity contribution < 1.29 is 14.3 Å². The van der Waals surface area contributed by atoms with Crippen LogP contribution in [0.25, 0.3) is 0 Å². The number of hydrogen-bond donors (Lipinski definition) is 1. The van der Waals surface area contributed by atoms with Crippen LogP contribution in [0.2, 0.25) is 0 Å². The molecule has 0 radical (unpaired) electrons. The Bertz CT molecular complexity index is 608. The van der Waals surface area contributed by atoms with Gasteiger partial charge in [-0.25, -0.2) is 4.79 Å². The van der Waals surface area contributed by atoms with E-state index < -0.39 is 0 Å². The molecule has 0 aliphatic carbocycles. The molecule has 1 aliphatic rings. The van der Waals surface area contributed by atoms with Gasteiger partial charge in [0.25, 0.3) is 5.91 Å². The Hall–Kier alpha value is -2.24. The number of rotatable bonds is 4. The van der Waals surface area contributed by atoms with Gasteiger partial charge in [-0.1, -0.05) is 13.0 Å². The van der Waals surface area contributed by atoms with Crippen molar-refractivity contribution in [1.82, 2.24) is 15.1 Å². The maximum atomic E-state index is 12.9. The van der Waals surface area contributed by atoms with Crippen LogP contribution in [-0.4, -0.2) is 61.6 Å². The number of benzene rings is 1. The van der Waals surface area contributed by atoms with Crippen molar-refractivity contribution in [2.75, 3.05) is 39.8 Å². The lowest BCUT2D eigenvalue weighted by atomic mass is 10.0. The van der Waals surface area contributed by atoms with Gasteiger partial charge < -0.3 is 19.9 Å². The van der Waals surface area contributed by atoms with Gasteiger partial charge in [0, 0.05) is 32.7 Å². The van der Waals surface area contributed by atoms with E-state index >= 15 is 0 Å². The zero-order valence-corrected chi connectivity index (χ0v) is 15.0. The summed E-state index contributed by atoms with van der Waals surface area (Å²) >= 11 is 0. The predicted molar refractivity (Wildman–Crippen MR) is 93.6 cm³/mol. The monoisotopic (exact) mass is 333 g/mol. The number of nitrogens with one attached hydrogen (secondary N) is 1. The Balaban J connectivity index is 2.04. The number of carbonyl (C=O) groups is 2. The van der Waals surface area contributed by atoms with Gasteiger partial charge in [0.15, 0.2) is 0 Å². The molecular weight excluding hydrogens is 306 g/mol. The van der Waals surface area contributed by atoms with Crippen molar-refractivity contribution in [1.29, 1.82) is 0 Å². The number of amides is 3. The SMILES string of the molecule is CCCNC(=O)N1CCN(C(=O)c2cc(C)cc(C)c2OC)CC1. The van der Waals surface area contributed by atoms with Gasteiger partial charge in [-0.2, -0.15) is 0 Å². The van der Waals surface area contributed by atoms with E-state index in [0.717, 1.165) is 17.5 Å². The molecule has 0 saturated carbocycles. The zero-order valence-electron chi connectivity index (χ0n) is 15.0. The number of piperazine rings is 1. The normalized spacial score (nSPS) is 14.5. The Morgan fingerprint density at radius 3 is 2.33 bits per heavy atom. The first kappa shape index (κ1) is 18.1. The fourth-order valence-electron chi connectivity index (χ4n) is 3.01. The Morgan fingerprint density at radius 1 is 1.12 bits per heavy atom. The lowest BCUT2D eigenvalue weighted by Gasteiger charge is -2.35. The second kappa shape index (κ2) is 8.04. The fraction of sp³-hybridized carbons (Fsp3) is 0.556. The molecule has 1 saturated heterocycles. The number of ether oxygens (including phenoxy) is 1. The molecule has 1 aliphatic heterocycles. The summed E-state index contributed by atoms with van der Waals surface area (Å²) in [5.41, 5.74) is 2.59. The summed E-state index contributed by atoms with van der Waals surface area (Å²) in [6, 6.07) is 3.83. The number of urea groups is 1. The third-order valence-corrected chi connectivity index (χ3v) is 4.23. The molecule has 2 rings (SSSR count). The first-order valence-electron chi connectivity index (χ1n) is 8.45. The average molecular weight is 333 g/mol. The van der Waals surface area contributed by atoms with E-state index in [4.69, 9.17) is 4.74 Å². The lowest BCUT2D eigenvalue weighted by Crippen LogP contribution is -2.53. The highest BCUT2D eigenvalue weighted by atomic mass is 16.5. The van der Waals surface area contributed by atoms with Crippen LogP contribution in [0, 0.1) is 13.8 Å². The summed E-state index contributed by atoms with van der Waals surface area (Å²) in [5, 5.41) is 2.87. The van der Waals surface area contributed by atoms with Crippen molar-refractivity contribution in [2.24, 2.45) is 0 Å². The maximum Gasteiger partial charge on any atom is 0.317 e. The van der Waals surface area contributed by atoms with Crippen LogP contribution in [0.3, 0.4) is 0 Å². The van der Waals surface area contributed by atoms with Gasteiger partial charge in [-0.15, -0.1) is 0 Å². The summed E-state index contributed by atoms with van der Waals surface area (Å²) in [4.78, 5) is 28.4. The van der Waals surface area contributed by atoms with Gasteiger partial charge >= 0.3 is 6.03 Å². The van der Waals surface area contributed by atoms with Gasteiger partial charge in [-0.3, -0.25) is 4.79 Å². The lowest BCUT2D eigenvalue weighted by molar-refractivity contribution is 0.0661. The first-order chi connectivity index (χ1) is 11.5. The molecule has 3 amide bonds. The quantitative estimate of drug-likeness (QED) is 0.919. The highest BCUT2D eigenvalue weighted by Crippen LogP contribution is 2.26. The van der Waals surface area contributed by atoms with E-state index in [1.54, 1.807) is 16.9 Å². The first-order valence-corrected chi connectivity index (χ1v) is 8.45. The van der Waals surface area contributed by atoms with E-state index in [-0.39, 0.29) is 11.9 Å². The molecule has 0 spiro atoms. The number of aryl methyl sites for hydroxylation is 2. The molecule has 0 atom stereocenters. The highest BCUT2D eigenvalue weighted by Gasteiger charge is 2.26. The largest absolute Gasteiger partial charge is 0.496 e. The predicted octanol–water partition coefficient (Wildman–Crippen LogP) is 2.19. The summed E-state index contributed by atoms with van der Waals surface area (Å²) in [5.74, 6) is 0.598. The number of nitrogens with zero attached hydrogens (tertiary/aromatic N) is 2. The Labute approximate surface area is 143 Å². The molecular formula is C18H27N3O3. The minimum absolute atomic E-state index is 0.0349. The van der Waals surface area contributed by atoms with Crippen LogP contribution in [0.4, 0.5) is 4.79 Å². The summed E-state index contributed by atoms with van der Waals surface area (Å²) in [6.07, 6.45) is 0.913. The summed E-state index contributed by atoms with van der Waals surface area (Å²) in [6.45, 7) is 8.79. The van der Waals surface area contributed by atoms with E-state index in [9.17, 15) is 9.59 Å². The Morgan fingerprint density at radius 2 is 1.75 bits per heavy atom.